The zero-order valence-corrected chi connectivity index (χ0v) is 11.6. The Morgan fingerprint density at radius 2 is 1.91 bits per heavy atom. The molecule has 0 aliphatic rings. The zero-order chi connectivity index (χ0) is 16.0. The Kier molecular flexibility index (Phi) is 5.46. The summed E-state index contributed by atoms with van der Waals surface area (Å²) < 4.78 is 45.9. The van der Waals surface area contributed by atoms with Crippen LogP contribution in [0, 0.1) is 0 Å². The summed E-state index contributed by atoms with van der Waals surface area (Å²) in [7, 11) is 0. The second-order valence-electron chi connectivity index (χ2n) is 4.68. The number of halogens is 3. The summed E-state index contributed by atoms with van der Waals surface area (Å²) in [6, 6.07) is 9.42. The molecule has 1 aromatic heterocycles. The SMILES string of the molecule is OCC(NCc1ccc(OCC(F)(F)F)cc1)c1ccco1. The highest BCUT2D eigenvalue weighted by molar-refractivity contribution is 5.27. The van der Waals surface area contributed by atoms with Gasteiger partial charge in [0.1, 0.15) is 11.5 Å². The maximum atomic E-state index is 12.0. The number of nitrogens with one attached hydrogen (secondary N) is 1. The number of benzene rings is 1. The Bertz CT molecular complexity index is 552. The fourth-order valence-corrected chi connectivity index (χ4v) is 1.85. The predicted molar refractivity (Wildman–Crippen MR) is 73.4 cm³/mol. The number of aliphatic hydroxyl groups is 1. The standard InChI is InChI=1S/C15H16F3NO3/c16-15(17,18)10-22-12-5-3-11(4-6-12)8-19-13(9-20)14-2-1-7-21-14/h1-7,13,19-20H,8-10H2. The monoisotopic (exact) mass is 315 g/mol. The van der Waals surface area contributed by atoms with E-state index in [1.54, 1.807) is 24.3 Å². The van der Waals surface area contributed by atoms with Crippen LogP contribution in [0.3, 0.4) is 0 Å². The van der Waals surface area contributed by atoms with Crippen LogP contribution in [0.5, 0.6) is 5.75 Å². The summed E-state index contributed by atoms with van der Waals surface area (Å²) in [4.78, 5) is 0. The molecule has 2 N–H and O–H groups in total. The van der Waals surface area contributed by atoms with E-state index in [0.717, 1.165) is 5.56 Å². The van der Waals surface area contributed by atoms with Gasteiger partial charge >= 0.3 is 6.18 Å². The van der Waals surface area contributed by atoms with E-state index in [2.05, 4.69) is 10.1 Å². The van der Waals surface area contributed by atoms with Gasteiger partial charge in [-0.1, -0.05) is 12.1 Å². The summed E-state index contributed by atoms with van der Waals surface area (Å²) in [5.74, 6) is 0.776. The normalized spacial score (nSPS) is 13.1. The molecule has 7 heteroatoms. The predicted octanol–water partition coefficient (Wildman–Crippen LogP) is 3.04. The molecular weight excluding hydrogens is 299 g/mol. The Labute approximate surface area is 125 Å². The van der Waals surface area contributed by atoms with E-state index in [1.807, 2.05) is 0 Å². The van der Waals surface area contributed by atoms with Gasteiger partial charge in [-0.15, -0.1) is 0 Å². The van der Waals surface area contributed by atoms with Crippen LogP contribution in [0.4, 0.5) is 13.2 Å². The molecule has 0 radical (unpaired) electrons. The molecule has 0 bridgehead atoms. The molecule has 1 atom stereocenters. The summed E-state index contributed by atoms with van der Waals surface area (Å²) in [5, 5.41) is 12.4. The summed E-state index contributed by atoms with van der Waals surface area (Å²) in [5.41, 5.74) is 0.851. The van der Waals surface area contributed by atoms with Crippen molar-refractivity contribution in [3.8, 4) is 5.75 Å². The highest BCUT2D eigenvalue weighted by Gasteiger charge is 2.28. The molecule has 0 amide bonds. The second kappa shape index (κ2) is 7.33. The lowest BCUT2D eigenvalue weighted by Gasteiger charge is -2.14. The van der Waals surface area contributed by atoms with E-state index in [0.29, 0.717) is 12.3 Å². The van der Waals surface area contributed by atoms with Gasteiger partial charge < -0.3 is 19.6 Å². The summed E-state index contributed by atoms with van der Waals surface area (Å²) >= 11 is 0. The minimum Gasteiger partial charge on any atom is -0.484 e. The molecule has 0 saturated carbocycles. The molecule has 0 fully saturated rings. The average molecular weight is 315 g/mol. The fourth-order valence-electron chi connectivity index (χ4n) is 1.85. The van der Waals surface area contributed by atoms with E-state index < -0.39 is 12.8 Å². The van der Waals surface area contributed by atoms with Crippen molar-refractivity contribution in [1.29, 1.82) is 0 Å². The fraction of sp³-hybridized carbons (Fsp3) is 0.333. The van der Waals surface area contributed by atoms with Crippen LogP contribution in [0.2, 0.25) is 0 Å². The first-order chi connectivity index (χ1) is 10.5. The molecule has 0 aliphatic heterocycles. The number of rotatable bonds is 7. The van der Waals surface area contributed by atoms with Crippen LogP contribution >= 0.6 is 0 Å². The quantitative estimate of drug-likeness (QED) is 0.824. The Hall–Kier alpha value is -1.99. The van der Waals surface area contributed by atoms with Crippen molar-refractivity contribution in [1.82, 2.24) is 5.32 Å². The molecular formula is C15H16F3NO3. The largest absolute Gasteiger partial charge is 0.484 e. The lowest BCUT2D eigenvalue weighted by atomic mass is 10.2. The van der Waals surface area contributed by atoms with E-state index >= 15 is 0 Å². The Morgan fingerprint density at radius 1 is 1.18 bits per heavy atom. The van der Waals surface area contributed by atoms with Crippen molar-refractivity contribution in [3.63, 3.8) is 0 Å². The van der Waals surface area contributed by atoms with Crippen molar-refractivity contribution >= 4 is 0 Å². The van der Waals surface area contributed by atoms with E-state index in [9.17, 15) is 18.3 Å². The van der Waals surface area contributed by atoms with Crippen LogP contribution in [0.25, 0.3) is 0 Å². The van der Waals surface area contributed by atoms with Gasteiger partial charge in [-0.2, -0.15) is 13.2 Å². The highest BCUT2D eigenvalue weighted by Crippen LogP contribution is 2.19. The summed E-state index contributed by atoms with van der Waals surface area (Å²) in [6.45, 7) is -0.999. The molecule has 0 spiro atoms. The maximum absolute atomic E-state index is 12.0. The first-order valence-electron chi connectivity index (χ1n) is 6.64. The number of hydrogen-bond acceptors (Lipinski definition) is 4. The smallest absolute Gasteiger partial charge is 0.422 e. The van der Waals surface area contributed by atoms with Gasteiger partial charge in [0.05, 0.1) is 18.9 Å². The average Bonchev–Trinajstić information content (AvgIpc) is 3.00. The number of ether oxygens (including phenoxy) is 1. The van der Waals surface area contributed by atoms with E-state index in [4.69, 9.17) is 4.42 Å². The number of hydrogen-bond donors (Lipinski definition) is 2. The number of furan rings is 1. The molecule has 2 rings (SSSR count). The van der Waals surface area contributed by atoms with Gasteiger partial charge in [-0.3, -0.25) is 0 Å². The molecule has 22 heavy (non-hydrogen) atoms. The van der Waals surface area contributed by atoms with Gasteiger partial charge in [0, 0.05) is 6.54 Å². The minimum absolute atomic E-state index is 0.125. The van der Waals surface area contributed by atoms with Crippen molar-refractivity contribution in [3.05, 3.63) is 54.0 Å². The van der Waals surface area contributed by atoms with E-state index in [-0.39, 0.29) is 18.4 Å². The second-order valence-corrected chi connectivity index (χ2v) is 4.68. The van der Waals surface area contributed by atoms with Gasteiger partial charge in [0.2, 0.25) is 0 Å². The van der Waals surface area contributed by atoms with Crippen LogP contribution < -0.4 is 10.1 Å². The van der Waals surface area contributed by atoms with Gasteiger partial charge in [0.25, 0.3) is 0 Å². The molecule has 120 valence electrons. The van der Waals surface area contributed by atoms with Crippen LogP contribution in [-0.4, -0.2) is 24.5 Å². The maximum Gasteiger partial charge on any atom is 0.422 e. The molecule has 1 aromatic carbocycles. The summed E-state index contributed by atoms with van der Waals surface area (Å²) in [6.07, 6.45) is -2.83. The first kappa shape index (κ1) is 16.4. The third-order valence-corrected chi connectivity index (χ3v) is 2.95. The van der Waals surface area contributed by atoms with Gasteiger partial charge in [-0.25, -0.2) is 0 Å². The van der Waals surface area contributed by atoms with Crippen molar-refractivity contribution in [2.45, 2.75) is 18.8 Å². The zero-order valence-electron chi connectivity index (χ0n) is 11.6. The topological polar surface area (TPSA) is 54.6 Å². The molecule has 1 heterocycles. The third kappa shape index (κ3) is 5.09. The number of aliphatic hydroxyl groups excluding tert-OH is 1. The lowest BCUT2D eigenvalue weighted by molar-refractivity contribution is -0.153. The Morgan fingerprint density at radius 3 is 2.45 bits per heavy atom. The van der Waals surface area contributed by atoms with Crippen molar-refractivity contribution < 1.29 is 27.4 Å². The van der Waals surface area contributed by atoms with Crippen molar-refractivity contribution in [2.75, 3.05) is 13.2 Å². The van der Waals surface area contributed by atoms with Gasteiger partial charge in [0.15, 0.2) is 6.61 Å². The van der Waals surface area contributed by atoms with E-state index in [1.165, 1.54) is 18.4 Å². The number of alkyl halides is 3. The lowest BCUT2D eigenvalue weighted by Crippen LogP contribution is -2.23. The van der Waals surface area contributed by atoms with Crippen LogP contribution in [-0.2, 0) is 6.54 Å². The highest BCUT2D eigenvalue weighted by atomic mass is 19.4. The molecule has 1 unspecified atom stereocenters. The third-order valence-electron chi connectivity index (χ3n) is 2.95. The first-order valence-corrected chi connectivity index (χ1v) is 6.64. The molecule has 0 aliphatic carbocycles. The molecule has 2 aromatic rings. The van der Waals surface area contributed by atoms with Gasteiger partial charge in [-0.05, 0) is 29.8 Å². The van der Waals surface area contributed by atoms with Crippen LogP contribution in [0.1, 0.15) is 17.4 Å². The van der Waals surface area contributed by atoms with Crippen molar-refractivity contribution in [2.24, 2.45) is 0 Å². The minimum atomic E-state index is -4.35. The molecule has 4 nitrogen and oxygen atoms in total. The van der Waals surface area contributed by atoms with Crippen LogP contribution in [0.15, 0.2) is 47.1 Å². The molecule has 0 saturated heterocycles. The Balaban J connectivity index is 1.86.